The van der Waals surface area contributed by atoms with Crippen LogP contribution in [0.5, 0.6) is 0 Å². The summed E-state index contributed by atoms with van der Waals surface area (Å²) in [6, 6.07) is 10.5. The third-order valence-corrected chi connectivity index (χ3v) is 11.1. The number of hydrogen-bond acceptors (Lipinski definition) is 3. The van der Waals surface area contributed by atoms with Gasteiger partial charge in [-0.25, -0.2) is 0 Å². The zero-order chi connectivity index (χ0) is 21.6. The second-order valence-corrected chi connectivity index (χ2v) is 12.4. The number of carbonyl (C=O) groups is 1. The number of Topliss-reactive ketones (excluding diaryl/α,β-unsaturated/α-hetero) is 1. The lowest BCUT2D eigenvalue weighted by Gasteiger charge is -2.60. The molecular formula is C28H38O3. The van der Waals surface area contributed by atoms with Crippen molar-refractivity contribution in [3.8, 4) is 0 Å². The molecule has 1 spiro atoms. The highest BCUT2D eigenvalue weighted by atomic mass is 16.6. The average molecular weight is 423 g/mol. The van der Waals surface area contributed by atoms with E-state index in [-0.39, 0.29) is 22.5 Å². The first-order chi connectivity index (χ1) is 14.7. The fourth-order valence-corrected chi connectivity index (χ4v) is 9.65. The number of carbonyl (C=O) groups excluding carboxylic acids is 1. The lowest BCUT2D eigenvalue weighted by atomic mass is 9.44. The number of benzene rings is 1. The molecule has 3 nitrogen and oxygen atoms in total. The van der Waals surface area contributed by atoms with Gasteiger partial charge in [-0.15, -0.1) is 0 Å². The maximum atomic E-state index is 12.4. The van der Waals surface area contributed by atoms with E-state index in [1.54, 1.807) is 0 Å². The molecule has 5 fully saturated rings. The van der Waals surface area contributed by atoms with Crippen molar-refractivity contribution in [2.45, 2.75) is 95.9 Å². The number of ether oxygens (including phenoxy) is 1. The first-order valence-corrected chi connectivity index (χ1v) is 12.7. The highest BCUT2D eigenvalue weighted by Crippen LogP contribution is 2.73. The zero-order valence-corrected chi connectivity index (χ0v) is 19.4. The van der Waals surface area contributed by atoms with Crippen molar-refractivity contribution in [2.75, 3.05) is 0 Å². The summed E-state index contributed by atoms with van der Waals surface area (Å²) in [5, 5.41) is 11.7. The predicted octanol–water partition coefficient (Wildman–Crippen LogP) is 5.34. The van der Waals surface area contributed by atoms with Gasteiger partial charge in [0.1, 0.15) is 11.7 Å². The highest BCUT2D eigenvalue weighted by molar-refractivity contribution is 5.88. The fourth-order valence-electron chi connectivity index (χ4n) is 9.65. The minimum absolute atomic E-state index is 0.0940. The van der Waals surface area contributed by atoms with E-state index in [0.717, 1.165) is 31.6 Å². The van der Waals surface area contributed by atoms with E-state index >= 15 is 0 Å². The van der Waals surface area contributed by atoms with Gasteiger partial charge in [0.15, 0.2) is 5.78 Å². The number of aliphatic hydroxyl groups is 1. The molecule has 0 unspecified atom stereocenters. The third-order valence-electron chi connectivity index (χ3n) is 11.1. The van der Waals surface area contributed by atoms with Gasteiger partial charge < -0.3 is 9.84 Å². The van der Waals surface area contributed by atoms with Crippen LogP contribution in [0.3, 0.4) is 0 Å². The lowest BCUT2D eigenvalue weighted by molar-refractivity contribution is -0.140. The van der Waals surface area contributed by atoms with E-state index < -0.39 is 5.60 Å². The number of ketones is 1. The maximum Gasteiger partial charge on any atom is 0.164 e. The fraction of sp³-hybridized carbons (Fsp3) is 0.750. The molecule has 1 saturated heterocycles. The Kier molecular flexibility index (Phi) is 4.24. The van der Waals surface area contributed by atoms with Crippen LogP contribution in [0.15, 0.2) is 30.3 Å². The van der Waals surface area contributed by atoms with E-state index in [2.05, 4.69) is 51.1 Å². The summed E-state index contributed by atoms with van der Waals surface area (Å²) in [4.78, 5) is 12.4. The molecule has 6 rings (SSSR count). The topological polar surface area (TPSA) is 49.8 Å². The minimum atomic E-state index is -0.667. The molecule has 1 heterocycles. The molecule has 0 bridgehead atoms. The molecule has 1 aliphatic heterocycles. The summed E-state index contributed by atoms with van der Waals surface area (Å²) < 4.78 is 6.22. The average Bonchev–Trinajstić information content (AvgIpc) is 3.37. The Morgan fingerprint density at radius 1 is 1.03 bits per heavy atom. The molecule has 1 aromatic rings. The summed E-state index contributed by atoms with van der Waals surface area (Å²) in [5.41, 5.74) is 0.826. The summed E-state index contributed by atoms with van der Waals surface area (Å²) in [7, 11) is 0. The van der Waals surface area contributed by atoms with Gasteiger partial charge in [-0.1, -0.05) is 44.2 Å². The first-order valence-electron chi connectivity index (χ1n) is 12.7. The molecule has 3 heteroatoms. The first kappa shape index (κ1) is 20.4. The molecule has 0 amide bonds. The Morgan fingerprint density at radius 3 is 2.58 bits per heavy atom. The molecule has 168 valence electrons. The predicted molar refractivity (Wildman–Crippen MR) is 120 cm³/mol. The normalized spacial score (nSPS) is 49.9. The number of epoxide rings is 1. The molecule has 4 aliphatic carbocycles. The lowest BCUT2D eigenvalue weighted by Crippen LogP contribution is -2.59. The van der Waals surface area contributed by atoms with Crippen molar-refractivity contribution >= 4 is 5.78 Å². The largest absolute Gasteiger partial charge is 0.390 e. The SMILES string of the molecule is C[C@]12CC[C@H]3[C@@H](CC[C@]45O[C@H]4C(=O)CC[C@]35C)[C@@H]1CC[C@@H]2[C@@](C)(O)Cc1ccccc1. The van der Waals surface area contributed by atoms with Crippen LogP contribution in [0.4, 0.5) is 0 Å². The Balaban J connectivity index is 1.27. The van der Waals surface area contributed by atoms with Crippen LogP contribution in [0.25, 0.3) is 0 Å². The molecular weight excluding hydrogens is 384 g/mol. The van der Waals surface area contributed by atoms with E-state index in [4.69, 9.17) is 4.74 Å². The van der Waals surface area contributed by atoms with Crippen molar-refractivity contribution in [3.05, 3.63) is 35.9 Å². The summed E-state index contributed by atoms with van der Waals surface area (Å²) >= 11 is 0. The van der Waals surface area contributed by atoms with Crippen LogP contribution < -0.4 is 0 Å². The molecule has 0 radical (unpaired) electrons. The van der Waals surface area contributed by atoms with Gasteiger partial charge in [-0.3, -0.25) is 4.79 Å². The van der Waals surface area contributed by atoms with E-state index in [0.29, 0.717) is 30.0 Å². The second kappa shape index (κ2) is 6.44. The van der Waals surface area contributed by atoms with E-state index in [1.807, 2.05) is 0 Å². The molecule has 4 saturated carbocycles. The van der Waals surface area contributed by atoms with Crippen LogP contribution in [0.1, 0.15) is 77.7 Å². The van der Waals surface area contributed by atoms with Gasteiger partial charge in [-0.2, -0.15) is 0 Å². The zero-order valence-electron chi connectivity index (χ0n) is 19.4. The smallest absolute Gasteiger partial charge is 0.164 e. The third kappa shape index (κ3) is 2.63. The van der Waals surface area contributed by atoms with Gasteiger partial charge in [0.25, 0.3) is 0 Å². The van der Waals surface area contributed by atoms with E-state index in [9.17, 15) is 9.90 Å². The van der Waals surface area contributed by atoms with Crippen LogP contribution in [-0.2, 0) is 16.0 Å². The number of fused-ring (bicyclic) bond motifs is 4. The monoisotopic (exact) mass is 422 g/mol. The van der Waals surface area contributed by atoms with Gasteiger partial charge in [-0.05, 0) is 86.5 Å². The minimum Gasteiger partial charge on any atom is -0.390 e. The highest BCUT2D eigenvalue weighted by Gasteiger charge is 2.76. The Labute approximate surface area is 187 Å². The van der Waals surface area contributed by atoms with Crippen LogP contribution in [0.2, 0.25) is 0 Å². The standard InChI is InChI=1S/C28H38O3/c1-25-14-12-21-19(11-16-28-24(31-28)22(29)13-15-26(21,28)2)20(25)9-10-23(25)27(3,30)17-18-7-5-4-6-8-18/h4-8,19-21,23-24,30H,9-17H2,1-3H3/t19-,20-,21-,23-,24-,25-,26+,27-,28-/m0/s1. The number of rotatable bonds is 3. The van der Waals surface area contributed by atoms with Gasteiger partial charge >= 0.3 is 0 Å². The van der Waals surface area contributed by atoms with Crippen molar-refractivity contribution in [3.63, 3.8) is 0 Å². The Hall–Kier alpha value is -1.19. The van der Waals surface area contributed by atoms with Crippen molar-refractivity contribution in [2.24, 2.45) is 34.5 Å². The molecule has 0 aromatic heterocycles. The second-order valence-electron chi connectivity index (χ2n) is 12.4. The van der Waals surface area contributed by atoms with Crippen LogP contribution >= 0.6 is 0 Å². The van der Waals surface area contributed by atoms with Crippen molar-refractivity contribution in [1.29, 1.82) is 0 Å². The summed E-state index contributed by atoms with van der Waals surface area (Å²) in [6.07, 6.45) is 9.48. The quantitative estimate of drug-likeness (QED) is 0.669. The molecule has 31 heavy (non-hydrogen) atoms. The van der Waals surface area contributed by atoms with Crippen LogP contribution in [0, 0.1) is 34.5 Å². The summed E-state index contributed by atoms with van der Waals surface area (Å²) in [5.74, 6) is 2.81. The van der Waals surface area contributed by atoms with Gasteiger partial charge in [0.2, 0.25) is 0 Å². The van der Waals surface area contributed by atoms with Gasteiger partial charge in [0.05, 0.1) is 5.60 Å². The van der Waals surface area contributed by atoms with Gasteiger partial charge in [0, 0.05) is 18.3 Å². The molecule has 5 aliphatic rings. The Bertz CT molecular complexity index is 893. The molecule has 1 N–H and O–H groups in total. The van der Waals surface area contributed by atoms with E-state index in [1.165, 1.54) is 31.2 Å². The summed E-state index contributed by atoms with van der Waals surface area (Å²) in [6.45, 7) is 7.05. The van der Waals surface area contributed by atoms with Crippen molar-refractivity contribution < 1.29 is 14.6 Å². The molecule has 9 atom stereocenters. The Morgan fingerprint density at radius 2 is 1.81 bits per heavy atom. The maximum absolute atomic E-state index is 12.4. The molecule has 1 aromatic carbocycles. The van der Waals surface area contributed by atoms with Crippen LogP contribution in [-0.4, -0.2) is 28.2 Å². The number of hydrogen-bond donors (Lipinski definition) is 1. The van der Waals surface area contributed by atoms with Crippen molar-refractivity contribution in [1.82, 2.24) is 0 Å².